The summed E-state index contributed by atoms with van der Waals surface area (Å²) in [4.78, 5) is 45.0. The van der Waals surface area contributed by atoms with E-state index < -0.39 is 24.2 Å². The second kappa shape index (κ2) is 18.2. The Morgan fingerprint density at radius 1 is 0.927 bits per heavy atom. The SMILES string of the molecule is C=CCCCCOC(=O)Oc1ccc(C(=O)Oc2ccc(C(=O)OC3CO[C@@H]4CCO[C@H]34)cc2)cc1.CC.O=CO. The van der Waals surface area contributed by atoms with Crippen molar-refractivity contribution in [1.29, 1.82) is 0 Å². The van der Waals surface area contributed by atoms with Crippen molar-refractivity contribution >= 4 is 24.6 Å². The van der Waals surface area contributed by atoms with Gasteiger partial charge in [-0.3, -0.25) is 4.79 Å². The van der Waals surface area contributed by atoms with Crippen molar-refractivity contribution in [3.63, 3.8) is 0 Å². The number of ether oxygens (including phenoxy) is 6. The van der Waals surface area contributed by atoms with Gasteiger partial charge >= 0.3 is 18.1 Å². The van der Waals surface area contributed by atoms with Crippen LogP contribution in [0.15, 0.2) is 61.2 Å². The molecule has 2 aromatic rings. The Hall–Kier alpha value is -4.22. The van der Waals surface area contributed by atoms with Crippen LogP contribution in [0.3, 0.4) is 0 Å². The van der Waals surface area contributed by atoms with E-state index in [0.29, 0.717) is 18.8 Å². The van der Waals surface area contributed by atoms with E-state index >= 15 is 0 Å². The molecule has 4 rings (SSSR count). The lowest BCUT2D eigenvalue weighted by Gasteiger charge is -2.16. The Morgan fingerprint density at radius 3 is 2.12 bits per heavy atom. The highest BCUT2D eigenvalue weighted by molar-refractivity contribution is 5.92. The number of hydrogen-bond donors (Lipinski definition) is 1. The van der Waals surface area contributed by atoms with E-state index in [2.05, 4.69) is 6.58 Å². The second-order valence-electron chi connectivity index (χ2n) is 8.47. The minimum absolute atomic E-state index is 0.0172. The van der Waals surface area contributed by atoms with Crippen molar-refractivity contribution in [1.82, 2.24) is 0 Å². The molecule has 0 amide bonds. The molecule has 0 saturated carbocycles. The minimum atomic E-state index is -0.807. The largest absolute Gasteiger partial charge is 0.513 e. The van der Waals surface area contributed by atoms with Crippen molar-refractivity contribution in [2.24, 2.45) is 0 Å². The van der Waals surface area contributed by atoms with E-state index in [1.54, 1.807) is 0 Å². The lowest BCUT2D eigenvalue weighted by Crippen LogP contribution is -2.32. The fourth-order valence-electron chi connectivity index (χ4n) is 3.89. The molecule has 1 unspecified atom stereocenters. The Balaban J connectivity index is 0.00000110. The van der Waals surface area contributed by atoms with Crippen LogP contribution in [0.1, 0.15) is 60.2 Å². The number of fused-ring (bicyclic) bond motifs is 1. The number of esters is 2. The smallest absolute Gasteiger partial charge is 0.483 e. The maximum atomic E-state index is 12.5. The summed E-state index contributed by atoms with van der Waals surface area (Å²) in [6, 6.07) is 12.0. The van der Waals surface area contributed by atoms with Gasteiger partial charge in [0.1, 0.15) is 17.6 Å². The molecule has 2 aromatic carbocycles. The highest BCUT2D eigenvalue weighted by Gasteiger charge is 2.44. The predicted molar refractivity (Wildman–Crippen MR) is 147 cm³/mol. The fourth-order valence-corrected chi connectivity index (χ4v) is 3.89. The Morgan fingerprint density at radius 2 is 1.51 bits per heavy atom. The summed E-state index contributed by atoms with van der Waals surface area (Å²) in [6.45, 7) is 8.57. The van der Waals surface area contributed by atoms with Gasteiger partial charge in [0.25, 0.3) is 6.47 Å². The van der Waals surface area contributed by atoms with E-state index in [9.17, 15) is 14.4 Å². The minimum Gasteiger partial charge on any atom is -0.483 e. The van der Waals surface area contributed by atoms with Gasteiger partial charge in [0, 0.05) is 6.61 Å². The number of carboxylic acid groups (broad SMARTS) is 1. The van der Waals surface area contributed by atoms with Gasteiger partial charge in [-0.25, -0.2) is 14.4 Å². The number of carbonyl (C=O) groups is 4. The molecule has 1 N–H and O–H groups in total. The first-order valence-corrected chi connectivity index (χ1v) is 13.3. The van der Waals surface area contributed by atoms with E-state index in [1.165, 1.54) is 48.5 Å². The van der Waals surface area contributed by atoms with Crippen LogP contribution in [0.2, 0.25) is 0 Å². The van der Waals surface area contributed by atoms with Crippen molar-refractivity contribution < 1.29 is 52.7 Å². The average Bonchev–Trinajstić information content (AvgIpc) is 3.60. The summed E-state index contributed by atoms with van der Waals surface area (Å²) in [7, 11) is 0. The predicted octanol–water partition coefficient (Wildman–Crippen LogP) is 5.22. The first kappa shape index (κ1) is 33.0. The Labute approximate surface area is 238 Å². The zero-order valence-corrected chi connectivity index (χ0v) is 23.2. The molecular weight excluding hydrogens is 536 g/mol. The molecule has 11 nitrogen and oxygen atoms in total. The number of carbonyl (C=O) groups excluding carboxylic acids is 3. The fraction of sp³-hybridized carbons (Fsp3) is 0.400. The van der Waals surface area contributed by atoms with Crippen LogP contribution in [0.4, 0.5) is 4.79 Å². The summed E-state index contributed by atoms with van der Waals surface area (Å²) in [5.74, 6) is -0.592. The molecule has 222 valence electrons. The van der Waals surface area contributed by atoms with Crippen molar-refractivity contribution in [3.05, 3.63) is 72.3 Å². The molecule has 0 radical (unpaired) electrons. The summed E-state index contributed by atoms with van der Waals surface area (Å²) in [6.07, 6.45) is 3.60. The normalized spacial score (nSPS) is 18.2. The molecule has 2 heterocycles. The van der Waals surface area contributed by atoms with Gasteiger partial charge in [-0.2, -0.15) is 0 Å². The van der Waals surface area contributed by atoms with E-state index in [-0.39, 0.29) is 42.3 Å². The molecule has 0 spiro atoms. The van der Waals surface area contributed by atoms with Gasteiger partial charge < -0.3 is 33.5 Å². The molecular formula is C30H36O11. The highest BCUT2D eigenvalue weighted by atomic mass is 16.7. The molecule has 2 aliphatic rings. The number of allylic oxidation sites excluding steroid dienone is 1. The zero-order chi connectivity index (χ0) is 30.0. The van der Waals surface area contributed by atoms with Crippen molar-refractivity contribution in [2.75, 3.05) is 19.8 Å². The number of hydrogen-bond acceptors (Lipinski definition) is 10. The van der Waals surface area contributed by atoms with E-state index in [4.69, 9.17) is 38.3 Å². The van der Waals surface area contributed by atoms with Crippen molar-refractivity contribution in [3.8, 4) is 11.5 Å². The highest BCUT2D eigenvalue weighted by Crippen LogP contribution is 2.29. The molecule has 11 heteroatoms. The molecule has 3 atom stereocenters. The van der Waals surface area contributed by atoms with Crippen LogP contribution in [0.5, 0.6) is 11.5 Å². The van der Waals surface area contributed by atoms with E-state index in [0.717, 1.165) is 25.7 Å². The first-order valence-electron chi connectivity index (χ1n) is 13.3. The van der Waals surface area contributed by atoms with Gasteiger partial charge in [0.2, 0.25) is 0 Å². The molecule has 0 bridgehead atoms. The third-order valence-electron chi connectivity index (χ3n) is 5.79. The lowest BCUT2D eigenvalue weighted by atomic mass is 10.1. The van der Waals surface area contributed by atoms with Gasteiger partial charge in [-0.05, 0) is 74.2 Å². The topological polar surface area (TPSA) is 144 Å². The van der Waals surface area contributed by atoms with Crippen LogP contribution < -0.4 is 9.47 Å². The van der Waals surface area contributed by atoms with Crippen molar-refractivity contribution in [2.45, 2.75) is 57.8 Å². The third kappa shape index (κ3) is 10.7. The van der Waals surface area contributed by atoms with Gasteiger partial charge in [0.15, 0.2) is 6.10 Å². The zero-order valence-electron chi connectivity index (χ0n) is 23.2. The average molecular weight is 573 g/mol. The van der Waals surface area contributed by atoms with Crippen LogP contribution in [0, 0.1) is 0 Å². The van der Waals surface area contributed by atoms with Crippen LogP contribution in [-0.4, -0.2) is 67.8 Å². The quantitative estimate of drug-likeness (QED) is 0.0999. The monoisotopic (exact) mass is 572 g/mol. The molecule has 0 aromatic heterocycles. The first-order chi connectivity index (χ1) is 19.9. The lowest BCUT2D eigenvalue weighted by molar-refractivity contribution is -0.122. The molecule has 2 saturated heterocycles. The summed E-state index contributed by atoms with van der Waals surface area (Å²) < 4.78 is 32.2. The van der Waals surface area contributed by atoms with Crippen LogP contribution >= 0.6 is 0 Å². The number of unbranched alkanes of at least 4 members (excludes halogenated alkanes) is 2. The molecule has 2 aliphatic heterocycles. The maximum Gasteiger partial charge on any atom is 0.513 e. The summed E-state index contributed by atoms with van der Waals surface area (Å²) >= 11 is 0. The molecule has 2 fully saturated rings. The summed E-state index contributed by atoms with van der Waals surface area (Å²) in [5.41, 5.74) is 0.585. The number of benzene rings is 2. The second-order valence-corrected chi connectivity index (χ2v) is 8.47. The maximum absolute atomic E-state index is 12.5. The third-order valence-corrected chi connectivity index (χ3v) is 5.79. The van der Waals surface area contributed by atoms with Gasteiger partial charge in [0.05, 0.1) is 30.4 Å². The standard InChI is InChI=1S/C27H28O9.C2H6.CH2O2/c1-2-3-4-5-15-32-27(30)35-21-12-8-18(9-13-21)25(28)34-20-10-6-19(7-11-20)26(29)36-23-17-33-22-14-16-31-24(22)23;1-2;2-1-3/h2,6-13,22-24H,1,3-5,14-17H2;1-2H3;1H,(H,2,3)/t22-,23?,24+;;/m1../s1. The Bertz CT molecular complexity index is 1110. The molecule has 0 aliphatic carbocycles. The van der Waals surface area contributed by atoms with Crippen LogP contribution in [-0.2, 0) is 23.7 Å². The molecule has 41 heavy (non-hydrogen) atoms. The van der Waals surface area contributed by atoms with Gasteiger partial charge in [-0.15, -0.1) is 6.58 Å². The summed E-state index contributed by atoms with van der Waals surface area (Å²) in [5, 5.41) is 6.89. The van der Waals surface area contributed by atoms with Gasteiger partial charge in [-0.1, -0.05) is 19.9 Å². The Kier molecular flexibility index (Phi) is 14.6. The van der Waals surface area contributed by atoms with Crippen LogP contribution in [0.25, 0.3) is 0 Å². The number of rotatable bonds is 10. The van der Waals surface area contributed by atoms with E-state index in [1.807, 2.05) is 19.9 Å².